The first kappa shape index (κ1) is 13.8. The number of aryl methyl sites for hydroxylation is 2. The van der Waals surface area contributed by atoms with E-state index in [0.29, 0.717) is 5.56 Å². The van der Waals surface area contributed by atoms with Gasteiger partial charge in [-0.3, -0.25) is 4.79 Å². The summed E-state index contributed by atoms with van der Waals surface area (Å²) in [5, 5.41) is 13.2. The van der Waals surface area contributed by atoms with Gasteiger partial charge >= 0.3 is 0 Å². The summed E-state index contributed by atoms with van der Waals surface area (Å²) in [5.74, 6) is -0.307. The molecule has 20 heavy (non-hydrogen) atoms. The van der Waals surface area contributed by atoms with Crippen molar-refractivity contribution in [2.75, 3.05) is 0 Å². The van der Waals surface area contributed by atoms with Gasteiger partial charge in [-0.1, -0.05) is 29.8 Å². The van der Waals surface area contributed by atoms with Crippen LogP contribution >= 0.6 is 0 Å². The molecule has 0 fully saturated rings. The molecule has 2 aromatic carbocycles. The molecule has 4 nitrogen and oxygen atoms in total. The zero-order valence-electron chi connectivity index (χ0n) is 11.4. The highest BCUT2D eigenvalue weighted by atomic mass is 16.3. The first-order valence-corrected chi connectivity index (χ1v) is 6.26. The summed E-state index contributed by atoms with van der Waals surface area (Å²) in [4.78, 5) is 11.8. The number of hydrogen-bond acceptors (Lipinski definition) is 3. The average Bonchev–Trinajstić information content (AvgIpc) is 2.41. The summed E-state index contributed by atoms with van der Waals surface area (Å²) in [7, 11) is 0. The van der Waals surface area contributed by atoms with Gasteiger partial charge < -0.3 is 5.11 Å². The number of carbonyl (C=O) groups is 1. The van der Waals surface area contributed by atoms with Crippen LogP contribution in [-0.4, -0.2) is 17.2 Å². The molecular formula is C16H16N2O2. The molecule has 0 heterocycles. The van der Waals surface area contributed by atoms with Crippen LogP contribution in [0.5, 0.6) is 5.75 Å². The zero-order chi connectivity index (χ0) is 14.5. The molecule has 0 saturated carbocycles. The van der Waals surface area contributed by atoms with Gasteiger partial charge in [0.2, 0.25) is 0 Å². The average molecular weight is 268 g/mol. The first-order chi connectivity index (χ1) is 9.56. The number of phenolic OH excluding ortho intramolecular Hbond substituents is 1. The maximum absolute atomic E-state index is 11.8. The fourth-order valence-electron chi connectivity index (χ4n) is 1.84. The molecule has 2 rings (SSSR count). The van der Waals surface area contributed by atoms with Gasteiger partial charge in [0.25, 0.3) is 5.91 Å². The Labute approximate surface area is 117 Å². The molecule has 2 N–H and O–H groups in total. The maximum Gasteiger partial charge on any atom is 0.271 e. The van der Waals surface area contributed by atoms with Gasteiger partial charge in [-0.25, -0.2) is 5.43 Å². The largest absolute Gasteiger partial charge is 0.508 e. The Morgan fingerprint density at radius 2 is 2.00 bits per heavy atom. The Kier molecular flexibility index (Phi) is 4.15. The number of carbonyl (C=O) groups excluding carboxylic acids is 1. The van der Waals surface area contributed by atoms with Crippen molar-refractivity contribution in [2.24, 2.45) is 5.10 Å². The number of rotatable bonds is 3. The molecule has 0 aliphatic carbocycles. The fourth-order valence-corrected chi connectivity index (χ4v) is 1.84. The number of phenols is 1. The molecule has 2 aromatic rings. The molecule has 1 amide bonds. The quantitative estimate of drug-likeness (QED) is 0.664. The number of nitrogens with one attached hydrogen (secondary N) is 1. The second-order valence-corrected chi connectivity index (χ2v) is 4.61. The van der Waals surface area contributed by atoms with Gasteiger partial charge in [0, 0.05) is 5.56 Å². The minimum absolute atomic E-state index is 0.0519. The van der Waals surface area contributed by atoms with Crippen LogP contribution < -0.4 is 5.43 Å². The first-order valence-electron chi connectivity index (χ1n) is 6.26. The molecule has 0 aromatic heterocycles. The van der Waals surface area contributed by atoms with Crippen molar-refractivity contribution < 1.29 is 9.90 Å². The Morgan fingerprint density at radius 1 is 1.20 bits per heavy atom. The lowest BCUT2D eigenvalue weighted by Gasteiger charge is -2.02. The summed E-state index contributed by atoms with van der Waals surface area (Å²) in [6.07, 6.45) is 1.61. The molecular weight excluding hydrogens is 252 g/mol. The SMILES string of the molecule is Cc1ccc(C=NNC(=O)c2cccc(O)c2)c(C)c1. The van der Waals surface area contributed by atoms with Crippen LogP contribution in [0, 0.1) is 13.8 Å². The lowest BCUT2D eigenvalue weighted by Crippen LogP contribution is -2.17. The third kappa shape index (κ3) is 3.45. The van der Waals surface area contributed by atoms with Gasteiger partial charge in [0.1, 0.15) is 5.75 Å². The minimum Gasteiger partial charge on any atom is -0.508 e. The number of hydrazone groups is 1. The van der Waals surface area contributed by atoms with Crippen LogP contribution in [0.2, 0.25) is 0 Å². The molecule has 0 spiro atoms. The molecule has 0 saturated heterocycles. The molecule has 4 heteroatoms. The van der Waals surface area contributed by atoms with Gasteiger partial charge in [-0.05, 0) is 43.2 Å². The Hall–Kier alpha value is -2.62. The number of hydrogen-bond donors (Lipinski definition) is 2. The highest BCUT2D eigenvalue weighted by Gasteiger charge is 2.04. The zero-order valence-corrected chi connectivity index (χ0v) is 11.4. The summed E-state index contributed by atoms with van der Waals surface area (Å²) >= 11 is 0. The predicted octanol–water partition coefficient (Wildman–Crippen LogP) is 2.77. The maximum atomic E-state index is 11.8. The molecule has 0 atom stereocenters. The van der Waals surface area contributed by atoms with Gasteiger partial charge in [0.05, 0.1) is 6.21 Å². The van der Waals surface area contributed by atoms with E-state index >= 15 is 0 Å². The standard InChI is InChI=1S/C16H16N2O2/c1-11-6-7-14(12(2)8-11)10-17-18-16(20)13-4-3-5-15(19)9-13/h3-10,19H,1-2H3,(H,18,20). The number of nitrogens with zero attached hydrogens (tertiary/aromatic N) is 1. The van der Waals surface area contributed by atoms with E-state index in [1.165, 1.54) is 17.7 Å². The lowest BCUT2D eigenvalue weighted by molar-refractivity contribution is 0.0954. The van der Waals surface area contributed by atoms with E-state index in [0.717, 1.165) is 11.1 Å². The smallest absolute Gasteiger partial charge is 0.271 e. The Morgan fingerprint density at radius 3 is 2.70 bits per heavy atom. The third-order valence-electron chi connectivity index (χ3n) is 2.90. The van der Waals surface area contributed by atoms with E-state index in [9.17, 15) is 9.90 Å². The molecule has 102 valence electrons. The number of aromatic hydroxyl groups is 1. The van der Waals surface area contributed by atoms with Crippen LogP contribution in [0.1, 0.15) is 27.0 Å². The molecule has 0 unspecified atom stereocenters. The van der Waals surface area contributed by atoms with Crippen LogP contribution in [-0.2, 0) is 0 Å². The van der Waals surface area contributed by atoms with Gasteiger partial charge in [-0.2, -0.15) is 5.10 Å². The van der Waals surface area contributed by atoms with Gasteiger partial charge in [0.15, 0.2) is 0 Å². The van der Waals surface area contributed by atoms with Crippen molar-refractivity contribution in [1.82, 2.24) is 5.43 Å². The normalized spacial score (nSPS) is 10.7. The lowest BCUT2D eigenvalue weighted by atomic mass is 10.1. The van der Waals surface area contributed by atoms with Crippen LogP contribution in [0.25, 0.3) is 0 Å². The predicted molar refractivity (Wildman–Crippen MR) is 79.1 cm³/mol. The summed E-state index contributed by atoms with van der Waals surface area (Å²) in [5.41, 5.74) is 6.03. The third-order valence-corrected chi connectivity index (χ3v) is 2.90. The van der Waals surface area contributed by atoms with Crippen molar-refractivity contribution >= 4 is 12.1 Å². The van der Waals surface area contributed by atoms with Crippen LogP contribution in [0.3, 0.4) is 0 Å². The molecule has 0 bridgehead atoms. The van der Waals surface area contributed by atoms with E-state index in [4.69, 9.17) is 0 Å². The topological polar surface area (TPSA) is 61.7 Å². The van der Waals surface area contributed by atoms with E-state index in [1.54, 1.807) is 18.3 Å². The monoisotopic (exact) mass is 268 g/mol. The number of amides is 1. The van der Waals surface area contributed by atoms with Gasteiger partial charge in [-0.15, -0.1) is 0 Å². The van der Waals surface area contributed by atoms with Crippen molar-refractivity contribution in [2.45, 2.75) is 13.8 Å². The van der Waals surface area contributed by atoms with E-state index in [2.05, 4.69) is 16.6 Å². The summed E-state index contributed by atoms with van der Waals surface area (Å²) < 4.78 is 0. The van der Waals surface area contributed by atoms with E-state index in [-0.39, 0.29) is 11.7 Å². The Bertz CT molecular complexity index is 663. The minimum atomic E-state index is -0.359. The van der Waals surface area contributed by atoms with Crippen molar-refractivity contribution in [3.8, 4) is 5.75 Å². The van der Waals surface area contributed by atoms with Crippen molar-refractivity contribution in [3.63, 3.8) is 0 Å². The molecule has 0 radical (unpaired) electrons. The Balaban J connectivity index is 2.04. The number of benzene rings is 2. The highest BCUT2D eigenvalue weighted by molar-refractivity contribution is 5.95. The van der Waals surface area contributed by atoms with Crippen molar-refractivity contribution in [1.29, 1.82) is 0 Å². The summed E-state index contributed by atoms with van der Waals surface area (Å²) in [6.45, 7) is 4.02. The van der Waals surface area contributed by atoms with Crippen LogP contribution in [0.4, 0.5) is 0 Å². The van der Waals surface area contributed by atoms with Crippen molar-refractivity contribution in [3.05, 3.63) is 64.7 Å². The van der Waals surface area contributed by atoms with E-state index < -0.39 is 0 Å². The van der Waals surface area contributed by atoms with Crippen LogP contribution in [0.15, 0.2) is 47.6 Å². The highest BCUT2D eigenvalue weighted by Crippen LogP contribution is 2.11. The summed E-state index contributed by atoms with van der Waals surface area (Å²) in [6, 6.07) is 12.1. The van der Waals surface area contributed by atoms with E-state index in [1.807, 2.05) is 26.0 Å². The second-order valence-electron chi connectivity index (χ2n) is 4.61. The molecule has 0 aliphatic rings. The fraction of sp³-hybridized carbons (Fsp3) is 0.125. The second kappa shape index (κ2) is 6.02. The molecule has 0 aliphatic heterocycles.